The molecule has 0 aliphatic carbocycles. The van der Waals surface area contributed by atoms with Gasteiger partial charge in [0.15, 0.2) is 0 Å². The summed E-state index contributed by atoms with van der Waals surface area (Å²) in [5, 5.41) is 0. The molecule has 0 aliphatic rings. The zero-order valence-corrected chi connectivity index (χ0v) is 12.1. The molecule has 0 radical (unpaired) electrons. The van der Waals surface area contributed by atoms with E-state index in [9.17, 15) is 0 Å². The highest BCUT2D eigenvalue weighted by atomic mass is 16.5. The van der Waals surface area contributed by atoms with E-state index in [2.05, 4.69) is 15.4 Å². The third-order valence-electron chi connectivity index (χ3n) is 2.89. The fraction of sp³-hybridized carbons (Fsp3) is 0.333. The number of anilines is 1. The molecule has 21 heavy (non-hydrogen) atoms. The van der Waals surface area contributed by atoms with Gasteiger partial charge in [-0.3, -0.25) is 0 Å². The lowest BCUT2D eigenvalue weighted by Gasteiger charge is -2.08. The minimum Gasteiger partial charge on any atom is -0.382 e. The predicted octanol–water partition coefficient (Wildman–Crippen LogP) is 1.63. The van der Waals surface area contributed by atoms with Gasteiger partial charge in [-0.05, 0) is 0 Å². The molecule has 0 fully saturated rings. The maximum absolute atomic E-state index is 5.47. The Bertz CT molecular complexity index is 549. The molecule has 3 N–H and O–H groups in total. The highest BCUT2D eigenvalue weighted by Gasteiger charge is 2.06. The number of nitrogens with zero attached hydrogens (tertiary/aromatic N) is 2. The first kappa shape index (κ1) is 15.4. The van der Waals surface area contributed by atoms with Gasteiger partial charge >= 0.3 is 0 Å². The van der Waals surface area contributed by atoms with Crippen molar-refractivity contribution >= 4 is 5.82 Å². The largest absolute Gasteiger partial charge is 0.382 e. The molecular formula is C15H20N4O2. The van der Waals surface area contributed by atoms with Crippen LogP contribution in [-0.4, -0.2) is 36.9 Å². The molecule has 0 atom stereocenters. The second kappa shape index (κ2) is 8.31. The fourth-order valence-corrected chi connectivity index (χ4v) is 1.85. The number of ether oxygens (including phenoxy) is 2. The number of nitrogen functional groups attached to an aromatic ring is 1. The van der Waals surface area contributed by atoms with Crippen molar-refractivity contribution in [3.63, 3.8) is 0 Å². The molecule has 0 spiro atoms. The molecule has 6 heteroatoms. The van der Waals surface area contributed by atoms with E-state index in [-0.39, 0.29) is 0 Å². The molecule has 0 bridgehead atoms. The zero-order valence-electron chi connectivity index (χ0n) is 12.1. The van der Waals surface area contributed by atoms with E-state index in [4.69, 9.17) is 15.3 Å². The van der Waals surface area contributed by atoms with Crippen molar-refractivity contribution < 1.29 is 9.47 Å². The van der Waals surface area contributed by atoms with Crippen LogP contribution in [0.3, 0.4) is 0 Å². The molecule has 0 aliphatic heterocycles. The van der Waals surface area contributed by atoms with Gasteiger partial charge in [0.25, 0.3) is 0 Å². The molecule has 112 valence electrons. The molecule has 1 aromatic carbocycles. The summed E-state index contributed by atoms with van der Waals surface area (Å²) in [7, 11) is 1.65. The third-order valence-corrected chi connectivity index (χ3v) is 2.89. The van der Waals surface area contributed by atoms with Crippen molar-refractivity contribution in [2.24, 2.45) is 5.84 Å². The van der Waals surface area contributed by atoms with Crippen LogP contribution in [0.2, 0.25) is 0 Å². The highest BCUT2D eigenvalue weighted by molar-refractivity contribution is 5.62. The Morgan fingerprint density at radius 3 is 2.62 bits per heavy atom. The summed E-state index contributed by atoms with van der Waals surface area (Å²) in [5.41, 5.74) is 4.44. The molecule has 1 aromatic heterocycles. The first-order valence-electron chi connectivity index (χ1n) is 6.80. The monoisotopic (exact) mass is 288 g/mol. The average molecular weight is 288 g/mol. The van der Waals surface area contributed by atoms with Crippen molar-refractivity contribution in [2.75, 3.05) is 32.4 Å². The van der Waals surface area contributed by atoms with Gasteiger partial charge in [-0.25, -0.2) is 15.8 Å². The van der Waals surface area contributed by atoms with Crippen molar-refractivity contribution in [1.82, 2.24) is 9.97 Å². The van der Waals surface area contributed by atoms with E-state index in [0.29, 0.717) is 37.9 Å². The quantitative estimate of drug-likeness (QED) is 0.436. The Hall–Kier alpha value is -2.02. The molecule has 0 saturated carbocycles. The van der Waals surface area contributed by atoms with E-state index in [0.717, 1.165) is 11.3 Å². The summed E-state index contributed by atoms with van der Waals surface area (Å²) < 4.78 is 10.4. The number of hydrogen-bond acceptors (Lipinski definition) is 6. The van der Waals surface area contributed by atoms with Crippen LogP contribution in [0.1, 0.15) is 5.82 Å². The zero-order chi connectivity index (χ0) is 14.9. The number of rotatable bonds is 8. The summed E-state index contributed by atoms with van der Waals surface area (Å²) in [6.07, 6.45) is 0.624. The normalized spacial score (nSPS) is 10.6. The number of benzene rings is 1. The van der Waals surface area contributed by atoms with Crippen molar-refractivity contribution in [3.8, 4) is 11.3 Å². The molecule has 1 heterocycles. The van der Waals surface area contributed by atoms with E-state index in [1.165, 1.54) is 0 Å². The molecule has 6 nitrogen and oxygen atoms in total. The second-order valence-electron chi connectivity index (χ2n) is 4.42. The third kappa shape index (κ3) is 4.78. The van der Waals surface area contributed by atoms with E-state index >= 15 is 0 Å². The van der Waals surface area contributed by atoms with Crippen LogP contribution in [0.25, 0.3) is 11.3 Å². The van der Waals surface area contributed by atoms with Gasteiger partial charge in [0.05, 0.1) is 25.5 Å². The Balaban J connectivity index is 2.07. The van der Waals surface area contributed by atoms with Crippen LogP contribution in [-0.2, 0) is 15.9 Å². The lowest BCUT2D eigenvalue weighted by Crippen LogP contribution is -2.12. The number of nitrogens with two attached hydrogens (primary N) is 1. The highest BCUT2D eigenvalue weighted by Crippen LogP contribution is 2.19. The number of hydrazine groups is 1. The van der Waals surface area contributed by atoms with E-state index in [1.54, 1.807) is 7.11 Å². The Morgan fingerprint density at radius 1 is 1.10 bits per heavy atom. The number of methoxy groups -OCH3 is 1. The molecular weight excluding hydrogens is 268 g/mol. The molecule has 0 unspecified atom stereocenters. The molecule has 2 rings (SSSR count). The Morgan fingerprint density at radius 2 is 1.90 bits per heavy atom. The summed E-state index contributed by atoms with van der Waals surface area (Å²) in [5.74, 6) is 6.76. The van der Waals surface area contributed by atoms with Gasteiger partial charge in [0.1, 0.15) is 11.6 Å². The maximum Gasteiger partial charge on any atom is 0.144 e. The standard InChI is InChI=1S/C15H20N4O2/c1-20-9-10-21-8-7-14-17-13(11-15(18-14)19-16)12-5-3-2-4-6-12/h2-6,11H,7-10,16H2,1H3,(H,17,18,19). The van der Waals surface area contributed by atoms with E-state index < -0.39 is 0 Å². The van der Waals surface area contributed by atoms with Gasteiger partial charge in [-0.1, -0.05) is 30.3 Å². The molecule has 2 aromatic rings. The van der Waals surface area contributed by atoms with Gasteiger partial charge in [0.2, 0.25) is 0 Å². The minimum absolute atomic E-state index is 0.547. The van der Waals surface area contributed by atoms with Crippen LogP contribution in [0.5, 0.6) is 0 Å². The second-order valence-corrected chi connectivity index (χ2v) is 4.42. The van der Waals surface area contributed by atoms with Gasteiger partial charge in [0, 0.05) is 25.2 Å². The van der Waals surface area contributed by atoms with Crippen LogP contribution >= 0.6 is 0 Å². The average Bonchev–Trinajstić information content (AvgIpc) is 2.55. The maximum atomic E-state index is 5.47. The summed E-state index contributed by atoms with van der Waals surface area (Å²) in [6, 6.07) is 11.7. The summed E-state index contributed by atoms with van der Waals surface area (Å²) in [6.45, 7) is 1.70. The van der Waals surface area contributed by atoms with Gasteiger partial charge in [-0.15, -0.1) is 0 Å². The first-order chi connectivity index (χ1) is 10.3. The Kier molecular flexibility index (Phi) is 6.08. The molecule has 0 saturated heterocycles. The van der Waals surface area contributed by atoms with Crippen molar-refractivity contribution in [1.29, 1.82) is 0 Å². The van der Waals surface area contributed by atoms with E-state index in [1.807, 2.05) is 36.4 Å². The van der Waals surface area contributed by atoms with Crippen LogP contribution in [0.4, 0.5) is 5.82 Å². The summed E-state index contributed by atoms with van der Waals surface area (Å²) in [4.78, 5) is 8.89. The van der Waals surface area contributed by atoms with Crippen molar-refractivity contribution in [2.45, 2.75) is 6.42 Å². The topological polar surface area (TPSA) is 82.3 Å². The smallest absolute Gasteiger partial charge is 0.144 e. The van der Waals surface area contributed by atoms with Gasteiger partial charge < -0.3 is 14.9 Å². The minimum atomic E-state index is 0.547. The number of hydrogen-bond donors (Lipinski definition) is 2. The first-order valence-corrected chi connectivity index (χ1v) is 6.80. The predicted molar refractivity (Wildman–Crippen MR) is 81.7 cm³/mol. The number of nitrogens with one attached hydrogen (secondary N) is 1. The Labute approximate surface area is 124 Å². The van der Waals surface area contributed by atoms with Crippen LogP contribution in [0, 0.1) is 0 Å². The lowest BCUT2D eigenvalue weighted by molar-refractivity contribution is 0.0716. The summed E-state index contributed by atoms with van der Waals surface area (Å²) >= 11 is 0. The van der Waals surface area contributed by atoms with Crippen LogP contribution < -0.4 is 11.3 Å². The number of aromatic nitrogens is 2. The van der Waals surface area contributed by atoms with Crippen LogP contribution in [0.15, 0.2) is 36.4 Å². The van der Waals surface area contributed by atoms with Crippen molar-refractivity contribution in [3.05, 3.63) is 42.2 Å². The van der Waals surface area contributed by atoms with Gasteiger partial charge in [-0.2, -0.15) is 0 Å². The SMILES string of the molecule is COCCOCCc1nc(NN)cc(-c2ccccc2)n1. The fourth-order valence-electron chi connectivity index (χ4n) is 1.85. The molecule has 0 amide bonds. The lowest BCUT2D eigenvalue weighted by atomic mass is 10.1.